The van der Waals surface area contributed by atoms with Crippen molar-refractivity contribution in [1.29, 1.82) is 0 Å². The second-order valence-corrected chi connectivity index (χ2v) is 13.4. The minimum Gasteiger partial charge on any atom is -0.474 e. The molecule has 0 aliphatic heterocycles. The van der Waals surface area contributed by atoms with E-state index in [1.54, 1.807) is 48.1 Å². The number of anilines is 1. The Balaban J connectivity index is 1.98. The van der Waals surface area contributed by atoms with Crippen molar-refractivity contribution >= 4 is 32.1 Å². The molecule has 0 saturated carbocycles. The highest BCUT2D eigenvalue weighted by Gasteiger charge is 2.39. The smallest absolute Gasteiger partial charge is 0.340 e. The van der Waals surface area contributed by atoms with Gasteiger partial charge in [-0.1, -0.05) is 0 Å². The van der Waals surface area contributed by atoms with Gasteiger partial charge in [0.15, 0.2) is 11.2 Å². The van der Waals surface area contributed by atoms with Gasteiger partial charge >= 0.3 is 7.60 Å². The molecule has 0 saturated heterocycles. The Morgan fingerprint density at radius 1 is 1.06 bits per heavy atom. The summed E-state index contributed by atoms with van der Waals surface area (Å²) in [6.45, 7) is 10.4. The highest BCUT2D eigenvalue weighted by molar-refractivity contribution is 7.73. The Hall–Kier alpha value is -1.59. The molecule has 36 heavy (non-hydrogen) atoms. The number of hydrogen-bond donors (Lipinski definition) is 1. The van der Waals surface area contributed by atoms with Crippen LogP contribution in [-0.4, -0.2) is 77.5 Å². The maximum absolute atomic E-state index is 13.4. The summed E-state index contributed by atoms with van der Waals surface area (Å²) < 4.78 is 61.3. The van der Waals surface area contributed by atoms with Crippen molar-refractivity contribution in [1.82, 2.24) is 19.5 Å². The lowest BCUT2D eigenvalue weighted by molar-refractivity contribution is 0.141. The SMILES string of the molecule is CCOP(=O)(COCCCn1cnc2c(OCCOC)nc(N)nc21)CP(=O)(OC(C)C)OC(C)C. The van der Waals surface area contributed by atoms with Crippen molar-refractivity contribution in [2.75, 3.05) is 51.5 Å². The average molecular weight is 552 g/mol. The predicted molar refractivity (Wildman–Crippen MR) is 137 cm³/mol. The molecular formula is C21H39N5O8P2. The first-order chi connectivity index (χ1) is 17.0. The van der Waals surface area contributed by atoms with Crippen LogP contribution < -0.4 is 10.5 Å². The third kappa shape index (κ3) is 9.70. The van der Waals surface area contributed by atoms with Crippen LogP contribution in [-0.2, 0) is 38.7 Å². The Morgan fingerprint density at radius 2 is 1.75 bits per heavy atom. The molecule has 2 aromatic rings. The van der Waals surface area contributed by atoms with Crippen molar-refractivity contribution in [2.45, 2.75) is 59.8 Å². The first-order valence-corrected chi connectivity index (χ1v) is 15.6. The maximum Gasteiger partial charge on any atom is 0.340 e. The van der Waals surface area contributed by atoms with Gasteiger partial charge in [0.05, 0.1) is 31.7 Å². The number of nitrogens with zero attached hydrogens (tertiary/aromatic N) is 4. The fourth-order valence-corrected chi connectivity index (χ4v) is 8.90. The number of aromatic nitrogens is 4. The maximum atomic E-state index is 13.4. The molecule has 206 valence electrons. The van der Waals surface area contributed by atoms with Crippen molar-refractivity contribution in [3.63, 3.8) is 0 Å². The standard InChI is InChI=1S/C21H39N5O8P2/c1-7-32-35(27,15-36(28,33-16(2)3)34-17(4)5)14-30-10-8-9-26-13-23-18-19(26)24-21(22)25-20(18)31-12-11-29-6/h13,16-17H,7-12,14-15H2,1-6H3,(H2,22,24,25). The van der Waals surface area contributed by atoms with Crippen LogP contribution >= 0.6 is 15.0 Å². The molecule has 13 nitrogen and oxygen atoms in total. The van der Waals surface area contributed by atoms with Crippen molar-refractivity contribution in [3.05, 3.63) is 6.33 Å². The van der Waals surface area contributed by atoms with Gasteiger partial charge in [-0.05, 0) is 41.0 Å². The topological polar surface area (TPSA) is 159 Å². The van der Waals surface area contributed by atoms with Gasteiger partial charge in [0.1, 0.15) is 18.9 Å². The molecule has 0 aliphatic carbocycles. The summed E-state index contributed by atoms with van der Waals surface area (Å²) >= 11 is 0. The number of imidazole rings is 1. The van der Waals surface area contributed by atoms with Crippen LogP contribution in [0.1, 0.15) is 41.0 Å². The van der Waals surface area contributed by atoms with Gasteiger partial charge in [0, 0.05) is 20.3 Å². The summed E-state index contributed by atoms with van der Waals surface area (Å²) in [7, 11) is -5.51. The van der Waals surface area contributed by atoms with Gasteiger partial charge in [-0.2, -0.15) is 9.97 Å². The molecule has 0 amide bonds. The Bertz CT molecular complexity index is 1030. The van der Waals surface area contributed by atoms with Crippen molar-refractivity contribution < 1.29 is 36.9 Å². The van der Waals surface area contributed by atoms with Gasteiger partial charge in [-0.25, -0.2) is 4.98 Å². The number of aryl methyl sites for hydroxylation is 1. The van der Waals surface area contributed by atoms with Crippen LogP contribution in [0.25, 0.3) is 11.2 Å². The molecule has 0 aromatic carbocycles. The third-order valence-corrected chi connectivity index (χ3v) is 10.3. The van der Waals surface area contributed by atoms with E-state index in [9.17, 15) is 9.13 Å². The van der Waals surface area contributed by atoms with E-state index in [0.717, 1.165) is 0 Å². The van der Waals surface area contributed by atoms with Gasteiger partial charge in [0.2, 0.25) is 19.2 Å². The number of nitrogens with two attached hydrogens (primary N) is 1. The Labute approximate surface area is 212 Å². The molecular weight excluding hydrogens is 512 g/mol. The van der Waals surface area contributed by atoms with Crippen molar-refractivity contribution in [3.8, 4) is 5.88 Å². The zero-order valence-corrected chi connectivity index (χ0v) is 23.7. The lowest BCUT2D eigenvalue weighted by Gasteiger charge is -2.26. The van der Waals surface area contributed by atoms with Crippen LogP contribution in [0.5, 0.6) is 5.88 Å². The van der Waals surface area contributed by atoms with E-state index in [4.69, 9.17) is 33.5 Å². The molecule has 1 atom stereocenters. The number of hydrogen-bond acceptors (Lipinski definition) is 12. The second-order valence-electron chi connectivity index (χ2n) is 8.52. The zero-order valence-electron chi connectivity index (χ0n) is 21.9. The number of nitrogen functional groups attached to an aromatic ring is 1. The molecule has 0 spiro atoms. The number of rotatable bonds is 18. The molecule has 1 unspecified atom stereocenters. The summed E-state index contributed by atoms with van der Waals surface area (Å²) in [4.78, 5) is 12.7. The van der Waals surface area contributed by atoms with Crippen LogP contribution in [0.2, 0.25) is 0 Å². The Morgan fingerprint density at radius 3 is 2.36 bits per heavy atom. The zero-order chi connectivity index (χ0) is 26.8. The summed E-state index contributed by atoms with van der Waals surface area (Å²) in [6.07, 6.45) is 1.25. The van der Waals surface area contributed by atoms with E-state index in [-0.39, 0.29) is 43.6 Å². The second kappa shape index (κ2) is 14.4. The molecule has 2 aromatic heterocycles. The largest absolute Gasteiger partial charge is 0.474 e. The first kappa shape index (κ1) is 30.6. The number of ether oxygens (including phenoxy) is 3. The van der Waals surface area contributed by atoms with E-state index >= 15 is 0 Å². The summed E-state index contributed by atoms with van der Waals surface area (Å²) in [6, 6.07) is 0. The van der Waals surface area contributed by atoms with Gasteiger partial charge in [-0.3, -0.25) is 9.13 Å². The highest BCUT2D eigenvalue weighted by atomic mass is 31.2. The highest BCUT2D eigenvalue weighted by Crippen LogP contribution is 2.64. The monoisotopic (exact) mass is 551 g/mol. The summed E-state index contributed by atoms with van der Waals surface area (Å²) in [5.41, 5.74) is 6.86. The average Bonchev–Trinajstić information content (AvgIpc) is 3.15. The van der Waals surface area contributed by atoms with E-state index in [2.05, 4.69) is 15.0 Å². The lowest BCUT2D eigenvalue weighted by atomic mass is 10.4. The fourth-order valence-electron chi connectivity index (χ4n) is 3.31. The van der Waals surface area contributed by atoms with Crippen LogP contribution in [0.4, 0.5) is 5.95 Å². The van der Waals surface area contributed by atoms with E-state index in [1.807, 2.05) is 4.57 Å². The summed E-state index contributed by atoms with van der Waals surface area (Å²) in [5.74, 6) is 0.0133. The Kier molecular flexibility index (Phi) is 12.2. The molecule has 2 rings (SSSR count). The number of fused-ring (bicyclic) bond motifs is 1. The van der Waals surface area contributed by atoms with Crippen LogP contribution in [0.15, 0.2) is 6.33 Å². The van der Waals surface area contributed by atoms with E-state index in [1.165, 1.54) is 0 Å². The normalized spacial score (nSPS) is 14.1. The molecule has 0 bridgehead atoms. The quantitative estimate of drug-likeness (QED) is 0.209. The van der Waals surface area contributed by atoms with Crippen LogP contribution in [0.3, 0.4) is 0 Å². The molecule has 0 radical (unpaired) electrons. The van der Waals surface area contributed by atoms with Crippen LogP contribution in [0, 0.1) is 0 Å². The third-order valence-electron chi connectivity index (χ3n) is 4.45. The summed E-state index contributed by atoms with van der Waals surface area (Å²) in [5, 5.41) is 0. The minimum atomic E-state index is -3.65. The molecule has 2 N–H and O–H groups in total. The van der Waals surface area contributed by atoms with Crippen molar-refractivity contribution in [2.24, 2.45) is 0 Å². The lowest BCUT2D eigenvalue weighted by Crippen LogP contribution is -2.13. The number of methoxy groups -OCH3 is 1. The van der Waals surface area contributed by atoms with Gasteiger partial charge in [-0.15, -0.1) is 0 Å². The molecule has 2 heterocycles. The molecule has 0 aliphatic rings. The van der Waals surface area contributed by atoms with Gasteiger partial charge < -0.3 is 38.1 Å². The molecule has 0 fully saturated rings. The van der Waals surface area contributed by atoms with E-state index < -0.39 is 15.0 Å². The predicted octanol–water partition coefficient (Wildman–Crippen LogP) is 4.11. The fraction of sp³-hybridized carbons (Fsp3) is 0.762. The first-order valence-electron chi connectivity index (χ1n) is 11.9. The minimum absolute atomic E-state index is 0.0715. The van der Waals surface area contributed by atoms with Gasteiger partial charge in [0.25, 0.3) is 0 Å². The molecule has 15 heteroatoms. The van der Waals surface area contributed by atoms with E-state index in [0.29, 0.717) is 43.2 Å².